The molecule has 0 saturated carbocycles. The summed E-state index contributed by atoms with van der Waals surface area (Å²) in [6.07, 6.45) is 2.40. The van der Waals surface area contributed by atoms with Crippen LogP contribution in [0.4, 0.5) is 4.79 Å². The van der Waals surface area contributed by atoms with Gasteiger partial charge in [-0.2, -0.15) is 0 Å². The molecule has 2 heterocycles. The molecule has 2 aliphatic heterocycles. The molecule has 0 unspecified atom stereocenters. The van der Waals surface area contributed by atoms with Crippen LogP contribution in [0.3, 0.4) is 0 Å². The molecule has 1 aromatic rings. The highest BCUT2D eigenvalue weighted by molar-refractivity contribution is 5.73. The number of nitrogens with one attached hydrogen (secondary N) is 2. The number of hydrogen-bond acceptors (Lipinski definition) is 4. The van der Waals surface area contributed by atoms with Gasteiger partial charge in [0, 0.05) is 19.6 Å². The molecular formula is C16H23N3O3. The van der Waals surface area contributed by atoms with Gasteiger partial charge >= 0.3 is 6.03 Å². The summed E-state index contributed by atoms with van der Waals surface area (Å²) >= 11 is 0. The van der Waals surface area contributed by atoms with Crippen LogP contribution in [0.15, 0.2) is 18.2 Å². The van der Waals surface area contributed by atoms with Gasteiger partial charge in [-0.1, -0.05) is 6.07 Å². The lowest BCUT2D eigenvalue weighted by molar-refractivity contribution is 0.174. The van der Waals surface area contributed by atoms with Gasteiger partial charge in [0.25, 0.3) is 0 Å². The number of ether oxygens (including phenoxy) is 2. The number of nitrogens with zero attached hydrogens (tertiary/aromatic N) is 1. The molecule has 120 valence electrons. The van der Waals surface area contributed by atoms with Gasteiger partial charge < -0.3 is 25.0 Å². The van der Waals surface area contributed by atoms with Gasteiger partial charge in [-0.15, -0.1) is 0 Å². The van der Waals surface area contributed by atoms with Crippen molar-refractivity contribution in [2.75, 3.05) is 33.5 Å². The molecule has 2 amide bonds. The normalized spacial score (nSPS) is 20.7. The minimum Gasteiger partial charge on any atom is -0.454 e. The Kier molecular flexibility index (Phi) is 4.68. The van der Waals surface area contributed by atoms with Crippen LogP contribution in [0.25, 0.3) is 0 Å². The standard InChI is InChI=1S/C16H23N3O3/c1-19-6-2-3-13(10-19)9-18-16(20)17-8-12-4-5-14-15(7-12)22-11-21-14/h4-5,7,13H,2-3,6,8-11H2,1H3,(H2,17,18,20)/t13-/m1/s1. The number of piperidine rings is 1. The highest BCUT2D eigenvalue weighted by Crippen LogP contribution is 2.32. The van der Waals surface area contributed by atoms with Crippen LogP contribution in [-0.4, -0.2) is 44.4 Å². The third-order valence-electron chi connectivity index (χ3n) is 4.16. The third-order valence-corrected chi connectivity index (χ3v) is 4.16. The minimum absolute atomic E-state index is 0.120. The van der Waals surface area contributed by atoms with E-state index in [9.17, 15) is 4.79 Å². The maximum Gasteiger partial charge on any atom is 0.315 e. The zero-order valence-electron chi connectivity index (χ0n) is 12.9. The lowest BCUT2D eigenvalue weighted by Gasteiger charge is -2.29. The predicted molar refractivity (Wildman–Crippen MR) is 83.0 cm³/mol. The average Bonchev–Trinajstić information content (AvgIpc) is 2.98. The molecule has 0 aliphatic carbocycles. The second-order valence-electron chi connectivity index (χ2n) is 6.02. The SMILES string of the molecule is CN1CCC[C@H](CNC(=O)NCc2ccc3c(c2)OCO3)C1. The summed E-state index contributed by atoms with van der Waals surface area (Å²) in [7, 11) is 2.13. The number of carbonyl (C=O) groups excluding carboxylic acids is 1. The molecule has 2 N–H and O–H groups in total. The van der Waals surface area contributed by atoms with Gasteiger partial charge in [-0.05, 0) is 50.0 Å². The van der Waals surface area contributed by atoms with E-state index in [1.807, 2.05) is 18.2 Å². The van der Waals surface area contributed by atoms with Crippen molar-refractivity contribution < 1.29 is 14.3 Å². The Morgan fingerprint density at radius 3 is 3.05 bits per heavy atom. The first-order valence-corrected chi connectivity index (χ1v) is 7.79. The zero-order chi connectivity index (χ0) is 15.4. The maximum atomic E-state index is 11.9. The summed E-state index contributed by atoms with van der Waals surface area (Å²) in [4.78, 5) is 14.2. The number of amides is 2. The zero-order valence-corrected chi connectivity index (χ0v) is 12.9. The van der Waals surface area contributed by atoms with Crippen molar-refractivity contribution in [1.82, 2.24) is 15.5 Å². The topological polar surface area (TPSA) is 62.8 Å². The molecule has 3 rings (SSSR count). The van der Waals surface area contributed by atoms with E-state index < -0.39 is 0 Å². The van der Waals surface area contributed by atoms with Gasteiger partial charge in [-0.25, -0.2) is 4.79 Å². The van der Waals surface area contributed by atoms with E-state index in [-0.39, 0.29) is 12.8 Å². The van der Waals surface area contributed by atoms with Gasteiger partial charge in [0.2, 0.25) is 6.79 Å². The number of likely N-dealkylation sites (tertiary alicyclic amines) is 1. The fourth-order valence-corrected chi connectivity index (χ4v) is 2.97. The van der Waals surface area contributed by atoms with E-state index >= 15 is 0 Å². The van der Waals surface area contributed by atoms with Gasteiger partial charge in [0.15, 0.2) is 11.5 Å². The summed E-state index contributed by atoms with van der Waals surface area (Å²) in [5.41, 5.74) is 0.997. The van der Waals surface area contributed by atoms with Gasteiger partial charge in [0.1, 0.15) is 0 Å². The van der Waals surface area contributed by atoms with Crippen molar-refractivity contribution in [3.05, 3.63) is 23.8 Å². The second kappa shape index (κ2) is 6.87. The van der Waals surface area contributed by atoms with Crippen molar-refractivity contribution in [2.45, 2.75) is 19.4 Å². The molecule has 1 atom stereocenters. The van der Waals surface area contributed by atoms with E-state index in [1.54, 1.807) is 0 Å². The Morgan fingerprint density at radius 2 is 2.18 bits per heavy atom. The van der Waals surface area contributed by atoms with Crippen LogP contribution in [-0.2, 0) is 6.54 Å². The Hall–Kier alpha value is -1.95. The van der Waals surface area contributed by atoms with E-state index in [1.165, 1.54) is 12.8 Å². The molecule has 0 aromatic heterocycles. The first kappa shape index (κ1) is 15.0. The van der Waals surface area contributed by atoms with Crippen LogP contribution in [0.1, 0.15) is 18.4 Å². The van der Waals surface area contributed by atoms with Crippen LogP contribution >= 0.6 is 0 Å². The number of carbonyl (C=O) groups is 1. The highest BCUT2D eigenvalue weighted by atomic mass is 16.7. The van der Waals surface area contributed by atoms with Gasteiger partial charge in [-0.3, -0.25) is 0 Å². The van der Waals surface area contributed by atoms with Crippen molar-refractivity contribution >= 4 is 6.03 Å². The summed E-state index contributed by atoms with van der Waals surface area (Å²) < 4.78 is 10.6. The molecule has 1 aromatic carbocycles. The number of fused-ring (bicyclic) bond motifs is 1. The lowest BCUT2D eigenvalue weighted by atomic mass is 9.99. The van der Waals surface area contributed by atoms with Crippen LogP contribution in [0.5, 0.6) is 11.5 Å². The van der Waals surface area contributed by atoms with Gasteiger partial charge in [0.05, 0.1) is 0 Å². The number of hydrogen-bond donors (Lipinski definition) is 2. The quantitative estimate of drug-likeness (QED) is 0.886. The summed E-state index contributed by atoms with van der Waals surface area (Å²) in [5.74, 6) is 2.05. The molecule has 1 saturated heterocycles. The Morgan fingerprint density at radius 1 is 1.32 bits per heavy atom. The average molecular weight is 305 g/mol. The maximum absolute atomic E-state index is 11.9. The van der Waals surface area contributed by atoms with E-state index in [4.69, 9.17) is 9.47 Å². The number of benzene rings is 1. The van der Waals surface area contributed by atoms with E-state index in [2.05, 4.69) is 22.6 Å². The molecule has 2 aliphatic rings. The molecular weight excluding hydrogens is 282 g/mol. The molecule has 0 spiro atoms. The van der Waals surface area contributed by atoms with Crippen molar-refractivity contribution in [3.8, 4) is 11.5 Å². The number of rotatable bonds is 4. The Bertz CT molecular complexity index is 535. The molecule has 6 heteroatoms. The summed E-state index contributed by atoms with van der Waals surface area (Å²) in [5, 5.41) is 5.84. The molecule has 1 fully saturated rings. The molecule has 0 bridgehead atoms. The highest BCUT2D eigenvalue weighted by Gasteiger charge is 2.17. The van der Waals surface area contributed by atoms with Crippen molar-refractivity contribution in [3.63, 3.8) is 0 Å². The Balaban J connectivity index is 1.40. The fraction of sp³-hybridized carbons (Fsp3) is 0.562. The fourth-order valence-electron chi connectivity index (χ4n) is 2.97. The largest absolute Gasteiger partial charge is 0.454 e. The lowest BCUT2D eigenvalue weighted by Crippen LogP contribution is -2.42. The minimum atomic E-state index is -0.120. The second-order valence-corrected chi connectivity index (χ2v) is 6.02. The summed E-state index contributed by atoms with van der Waals surface area (Å²) in [6, 6.07) is 5.59. The molecule has 22 heavy (non-hydrogen) atoms. The smallest absolute Gasteiger partial charge is 0.315 e. The predicted octanol–water partition coefficient (Wildman–Crippen LogP) is 1.56. The third kappa shape index (κ3) is 3.82. The van der Waals surface area contributed by atoms with E-state index in [0.29, 0.717) is 12.5 Å². The van der Waals surface area contributed by atoms with Crippen LogP contribution < -0.4 is 20.1 Å². The number of urea groups is 1. The monoisotopic (exact) mass is 305 g/mol. The molecule has 6 nitrogen and oxygen atoms in total. The van der Waals surface area contributed by atoms with E-state index in [0.717, 1.165) is 36.7 Å². The Labute approximate surface area is 130 Å². The summed E-state index contributed by atoms with van der Waals surface area (Å²) in [6.45, 7) is 3.70. The van der Waals surface area contributed by atoms with Crippen LogP contribution in [0.2, 0.25) is 0 Å². The first-order chi connectivity index (χ1) is 10.7. The first-order valence-electron chi connectivity index (χ1n) is 7.79. The molecule has 0 radical (unpaired) electrons. The van der Waals surface area contributed by atoms with Crippen LogP contribution in [0, 0.1) is 5.92 Å². The van der Waals surface area contributed by atoms with Crippen molar-refractivity contribution in [1.29, 1.82) is 0 Å². The van der Waals surface area contributed by atoms with Crippen molar-refractivity contribution in [2.24, 2.45) is 5.92 Å².